The summed E-state index contributed by atoms with van der Waals surface area (Å²) < 4.78 is 22.6. The predicted octanol–water partition coefficient (Wildman–Crippen LogP) is 4.05. The van der Waals surface area contributed by atoms with Crippen LogP contribution in [0.3, 0.4) is 0 Å². The number of furan rings is 1. The highest BCUT2D eigenvalue weighted by molar-refractivity contribution is 9.10. The third-order valence-electron chi connectivity index (χ3n) is 5.69. The van der Waals surface area contributed by atoms with Gasteiger partial charge in [-0.05, 0) is 48.9 Å². The number of hydrazone groups is 1. The van der Waals surface area contributed by atoms with E-state index in [0.29, 0.717) is 28.5 Å². The molecule has 0 bridgehead atoms. The molecule has 202 valence electrons. The molecule has 0 fully saturated rings. The van der Waals surface area contributed by atoms with Gasteiger partial charge in [0.2, 0.25) is 0 Å². The second-order valence-electron chi connectivity index (χ2n) is 8.26. The summed E-state index contributed by atoms with van der Waals surface area (Å²) in [6.45, 7) is 1.27. The number of carbonyl (C=O) groups excluding carboxylic acids is 3. The lowest BCUT2D eigenvalue weighted by molar-refractivity contribution is -0.136. The maximum Gasteiger partial charge on any atom is 0.337 e. The van der Waals surface area contributed by atoms with E-state index in [-0.39, 0.29) is 17.9 Å². The lowest BCUT2D eigenvalue weighted by Crippen LogP contribution is -2.45. The fraction of sp³-hybridized carbons (Fsp3) is 0.185. The summed E-state index contributed by atoms with van der Waals surface area (Å²) in [5.74, 6) is 0.630. The summed E-state index contributed by atoms with van der Waals surface area (Å²) >= 11 is 3.40. The highest BCUT2D eigenvalue weighted by Crippen LogP contribution is 2.34. The topological polar surface area (TPSA) is 140 Å². The van der Waals surface area contributed by atoms with Crippen LogP contribution in [-0.2, 0) is 14.3 Å². The molecule has 0 radical (unpaired) electrons. The minimum Gasteiger partial charge on any atom is -0.493 e. The van der Waals surface area contributed by atoms with Gasteiger partial charge in [0.25, 0.3) is 5.91 Å². The van der Waals surface area contributed by atoms with Gasteiger partial charge in [0.05, 0.1) is 32.0 Å². The standard InChI is InChI=1S/C27H25BrN4O7/c1-15-24(26(34)37-3)25(31-27(35)30-15)17-6-10-21(22(12-17)36-2)38-14-23(33)32-29-13-19-9-11-20(39-19)16-4-7-18(28)8-5-16/h4-13,25H,14H2,1-3H3,(H,32,33)(H2,30,31,35)/b29-13-/t25-/m0/s1. The fourth-order valence-corrected chi connectivity index (χ4v) is 4.11. The molecule has 0 saturated carbocycles. The van der Waals surface area contributed by atoms with Crippen LogP contribution >= 0.6 is 15.9 Å². The second kappa shape index (κ2) is 12.3. The Labute approximate surface area is 232 Å². The molecule has 2 heterocycles. The molecular formula is C27H25BrN4O7. The van der Waals surface area contributed by atoms with Gasteiger partial charge in [0, 0.05) is 15.7 Å². The van der Waals surface area contributed by atoms with Crippen LogP contribution in [0.4, 0.5) is 4.79 Å². The van der Waals surface area contributed by atoms with E-state index in [1.807, 2.05) is 30.3 Å². The summed E-state index contributed by atoms with van der Waals surface area (Å²) in [4.78, 5) is 36.6. The number of carbonyl (C=O) groups is 3. The van der Waals surface area contributed by atoms with Gasteiger partial charge in [-0.3, -0.25) is 4.79 Å². The third-order valence-corrected chi connectivity index (χ3v) is 6.22. The van der Waals surface area contributed by atoms with Crippen molar-refractivity contribution in [1.82, 2.24) is 16.1 Å². The first-order chi connectivity index (χ1) is 18.8. The van der Waals surface area contributed by atoms with Crippen LogP contribution < -0.4 is 25.5 Å². The van der Waals surface area contributed by atoms with Crippen molar-refractivity contribution in [2.24, 2.45) is 5.10 Å². The van der Waals surface area contributed by atoms with Crippen molar-refractivity contribution in [3.05, 3.63) is 81.7 Å². The first kappa shape index (κ1) is 27.5. The Balaban J connectivity index is 1.37. The van der Waals surface area contributed by atoms with E-state index >= 15 is 0 Å². The molecule has 1 aromatic heterocycles. The molecule has 3 N–H and O–H groups in total. The van der Waals surface area contributed by atoms with Gasteiger partial charge in [-0.1, -0.05) is 34.1 Å². The Morgan fingerprint density at radius 1 is 1.10 bits per heavy atom. The van der Waals surface area contributed by atoms with Gasteiger partial charge in [-0.2, -0.15) is 5.10 Å². The van der Waals surface area contributed by atoms with Crippen LogP contribution in [0.2, 0.25) is 0 Å². The number of nitrogens with one attached hydrogen (secondary N) is 3. The molecule has 12 heteroatoms. The number of hydrogen-bond donors (Lipinski definition) is 3. The normalized spacial score (nSPS) is 15.0. The Morgan fingerprint density at radius 3 is 2.59 bits per heavy atom. The monoisotopic (exact) mass is 596 g/mol. The summed E-state index contributed by atoms with van der Waals surface area (Å²) in [6.07, 6.45) is 1.39. The zero-order valence-corrected chi connectivity index (χ0v) is 22.8. The van der Waals surface area contributed by atoms with Crippen molar-refractivity contribution in [3.63, 3.8) is 0 Å². The Morgan fingerprint density at radius 2 is 1.87 bits per heavy atom. The molecule has 0 saturated heterocycles. The molecule has 0 spiro atoms. The van der Waals surface area contributed by atoms with Crippen molar-refractivity contribution >= 4 is 40.1 Å². The first-order valence-corrected chi connectivity index (χ1v) is 12.4. The van der Waals surface area contributed by atoms with Gasteiger partial charge >= 0.3 is 12.0 Å². The maximum absolute atomic E-state index is 12.3. The fourth-order valence-electron chi connectivity index (χ4n) is 3.84. The highest BCUT2D eigenvalue weighted by atomic mass is 79.9. The Hall–Kier alpha value is -4.58. The first-order valence-electron chi connectivity index (χ1n) is 11.6. The summed E-state index contributed by atoms with van der Waals surface area (Å²) in [5, 5.41) is 9.18. The number of nitrogens with zero attached hydrogens (tertiary/aromatic N) is 1. The van der Waals surface area contributed by atoms with E-state index in [1.54, 1.807) is 31.2 Å². The third kappa shape index (κ3) is 6.65. The van der Waals surface area contributed by atoms with Crippen molar-refractivity contribution in [1.29, 1.82) is 0 Å². The average Bonchev–Trinajstić information content (AvgIpc) is 3.40. The Bertz CT molecular complexity index is 1450. The molecule has 3 aromatic rings. The van der Waals surface area contributed by atoms with E-state index < -0.39 is 23.9 Å². The van der Waals surface area contributed by atoms with Crippen LogP contribution in [0.1, 0.15) is 24.3 Å². The minimum absolute atomic E-state index is 0.255. The number of urea groups is 1. The largest absolute Gasteiger partial charge is 0.493 e. The van der Waals surface area contributed by atoms with Gasteiger partial charge < -0.3 is 29.3 Å². The lowest BCUT2D eigenvalue weighted by Gasteiger charge is -2.28. The van der Waals surface area contributed by atoms with Gasteiger partial charge in [-0.25, -0.2) is 15.0 Å². The number of esters is 1. The molecule has 3 amide bonds. The van der Waals surface area contributed by atoms with Gasteiger partial charge in [0.15, 0.2) is 18.1 Å². The predicted molar refractivity (Wildman–Crippen MR) is 145 cm³/mol. The number of halogens is 1. The summed E-state index contributed by atoms with van der Waals surface area (Å²) in [7, 11) is 2.70. The van der Waals surface area contributed by atoms with E-state index in [2.05, 4.69) is 37.1 Å². The quantitative estimate of drug-likeness (QED) is 0.192. The molecular weight excluding hydrogens is 572 g/mol. The van der Waals surface area contributed by atoms with Crippen LogP contribution in [0.15, 0.2) is 79.9 Å². The van der Waals surface area contributed by atoms with Crippen LogP contribution in [0.5, 0.6) is 11.5 Å². The number of allylic oxidation sites excluding steroid dienone is 1. The van der Waals surface area contributed by atoms with Crippen molar-refractivity contribution < 1.29 is 33.0 Å². The molecule has 4 rings (SSSR count). The summed E-state index contributed by atoms with van der Waals surface area (Å²) in [6, 6.07) is 14.8. The minimum atomic E-state index is -0.766. The number of ether oxygens (including phenoxy) is 3. The molecule has 1 aliphatic rings. The van der Waals surface area contributed by atoms with Gasteiger partial charge in [-0.15, -0.1) is 0 Å². The smallest absolute Gasteiger partial charge is 0.337 e. The Kier molecular flexibility index (Phi) is 8.67. The number of amides is 3. The van der Waals surface area contributed by atoms with E-state index in [9.17, 15) is 14.4 Å². The SMILES string of the molecule is COC(=O)C1=C(C)NC(=O)N[C@H]1c1ccc(OCC(=O)N/N=C\c2ccc(-c3ccc(Br)cc3)o2)c(OC)c1. The number of rotatable bonds is 9. The van der Waals surface area contributed by atoms with Crippen LogP contribution in [-0.4, -0.2) is 44.9 Å². The molecule has 39 heavy (non-hydrogen) atoms. The maximum atomic E-state index is 12.3. The molecule has 1 atom stereocenters. The van der Waals surface area contributed by atoms with E-state index in [1.165, 1.54) is 20.4 Å². The highest BCUT2D eigenvalue weighted by Gasteiger charge is 2.32. The zero-order valence-electron chi connectivity index (χ0n) is 21.2. The molecule has 1 aliphatic heterocycles. The average molecular weight is 597 g/mol. The van der Waals surface area contributed by atoms with Crippen molar-refractivity contribution in [2.75, 3.05) is 20.8 Å². The van der Waals surface area contributed by atoms with Crippen LogP contribution in [0.25, 0.3) is 11.3 Å². The lowest BCUT2D eigenvalue weighted by atomic mass is 9.95. The van der Waals surface area contributed by atoms with Crippen molar-refractivity contribution in [3.8, 4) is 22.8 Å². The van der Waals surface area contributed by atoms with E-state index in [0.717, 1.165) is 10.0 Å². The zero-order chi connectivity index (χ0) is 27.9. The summed E-state index contributed by atoms with van der Waals surface area (Å²) in [5.41, 5.74) is 4.48. The number of hydrogen-bond acceptors (Lipinski definition) is 8. The second-order valence-corrected chi connectivity index (χ2v) is 9.18. The molecule has 11 nitrogen and oxygen atoms in total. The van der Waals surface area contributed by atoms with Crippen LogP contribution in [0, 0.1) is 0 Å². The van der Waals surface area contributed by atoms with Crippen molar-refractivity contribution in [2.45, 2.75) is 13.0 Å². The molecule has 2 aromatic carbocycles. The number of methoxy groups -OCH3 is 2. The number of benzene rings is 2. The molecule has 0 aliphatic carbocycles. The van der Waals surface area contributed by atoms with Gasteiger partial charge in [0.1, 0.15) is 11.5 Å². The van der Waals surface area contributed by atoms with E-state index in [4.69, 9.17) is 18.6 Å². The molecule has 0 unspecified atom stereocenters.